The molecule has 1 heterocycles. The van der Waals surface area contributed by atoms with Crippen LogP contribution in [-0.4, -0.2) is 42.9 Å². The average molecular weight is 438 g/mol. The fourth-order valence-corrected chi connectivity index (χ4v) is 3.90. The normalized spacial score (nSPS) is 13.7. The fourth-order valence-electron chi connectivity index (χ4n) is 3.60. The molecular weight excluding hydrogens is 417 g/mol. The second kappa shape index (κ2) is 9.18. The SMILES string of the molecule is O=C(Nc1ccc(N2CCN(C(=O)c3ccccc3)CC2)c(Cl)c1)c1ccccc1F. The smallest absolute Gasteiger partial charge is 0.258 e. The minimum Gasteiger partial charge on any atom is -0.367 e. The molecule has 1 fully saturated rings. The molecule has 0 saturated carbocycles. The van der Waals surface area contributed by atoms with Gasteiger partial charge in [0.05, 0.1) is 16.3 Å². The highest BCUT2D eigenvalue weighted by atomic mass is 35.5. The van der Waals surface area contributed by atoms with Crippen LogP contribution in [0.4, 0.5) is 15.8 Å². The highest BCUT2D eigenvalue weighted by molar-refractivity contribution is 6.33. The zero-order valence-corrected chi connectivity index (χ0v) is 17.5. The van der Waals surface area contributed by atoms with Crippen LogP contribution >= 0.6 is 11.6 Å². The molecule has 0 aliphatic carbocycles. The van der Waals surface area contributed by atoms with E-state index in [-0.39, 0.29) is 11.5 Å². The van der Waals surface area contributed by atoms with Crippen molar-refractivity contribution in [2.24, 2.45) is 0 Å². The van der Waals surface area contributed by atoms with E-state index in [4.69, 9.17) is 11.6 Å². The van der Waals surface area contributed by atoms with Gasteiger partial charge in [-0.1, -0.05) is 41.9 Å². The van der Waals surface area contributed by atoms with E-state index in [0.717, 1.165) is 5.69 Å². The molecular formula is C24H21ClFN3O2. The van der Waals surface area contributed by atoms with Crippen molar-refractivity contribution >= 4 is 34.8 Å². The van der Waals surface area contributed by atoms with Crippen LogP contribution in [-0.2, 0) is 0 Å². The second-order valence-corrected chi connectivity index (χ2v) is 7.65. The number of carbonyl (C=O) groups is 2. The average Bonchev–Trinajstić information content (AvgIpc) is 2.80. The third-order valence-corrected chi connectivity index (χ3v) is 5.56. The van der Waals surface area contributed by atoms with Crippen LogP contribution in [0.1, 0.15) is 20.7 Å². The van der Waals surface area contributed by atoms with E-state index in [1.165, 1.54) is 18.2 Å². The summed E-state index contributed by atoms with van der Waals surface area (Å²) in [5.74, 6) is -1.09. The maximum atomic E-state index is 13.8. The molecule has 0 spiro atoms. The van der Waals surface area contributed by atoms with Gasteiger partial charge in [0.25, 0.3) is 11.8 Å². The summed E-state index contributed by atoms with van der Waals surface area (Å²) in [4.78, 5) is 28.9. The molecule has 0 radical (unpaired) electrons. The lowest BCUT2D eigenvalue weighted by Gasteiger charge is -2.36. The molecule has 3 aromatic rings. The van der Waals surface area contributed by atoms with Crippen LogP contribution in [0.3, 0.4) is 0 Å². The first-order valence-corrected chi connectivity index (χ1v) is 10.4. The summed E-state index contributed by atoms with van der Waals surface area (Å²) in [5, 5.41) is 3.16. The number of nitrogens with one attached hydrogen (secondary N) is 1. The van der Waals surface area contributed by atoms with Crippen LogP contribution in [0.15, 0.2) is 72.8 Å². The van der Waals surface area contributed by atoms with Crippen molar-refractivity contribution in [1.82, 2.24) is 4.90 Å². The number of amides is 2. The first-order valence-electron chi connectivity index (χ1n) is 9.97. The van der Waals surface area contributed by atoms with Crippen molar-refractivity contribution in [1.29, 1.82) is 0 Å². The van der Waals surface area contributed by atoms with Crippen molar-refractivity contribution < 1.29 is 14.0 Å². The summed E-state index contributed by atoms with van der Waals surface area (Å²) in [6.45, 7) is 2.49. The summed E-state index contributed by atoms with van der Waals surface area (Å²) in [6.07, 6.45) is 0. The van der Waals surface area contributed by atoms with E-state index >= 15 is 0 Å². The van der Waals surface area contributed by atoms with E-state index < -0.39 is 11.7 Å². The van der Waals surface area contributed by atoms with E-state index in [1.54, 1.807) is 18.2 Å². The van der Waals surface area contributed by atoms with Gasteiger partial charge in [-0.05, 0) is 42.5 Å². The molecule has 0 aromatic heterocycles. The van der Waals surface area contributed by atoms with Gasteiger partial charge in [0.2, 0.25) is 0 Å². The van der Waals surface area contributed by atoms with Crippen LogP contribution in [0.2, 0.25) is 5.02 Å². The largest absolute Gasteiger partial charge is 0.367 e. The van der Waals surface area contributed by atoms with Gasteiger partial charge >= 0.3 is 0 Å². The Balaban J connectivity index is 1.39. The summed E-state index contributed by atoms with van der Waals surface area (Å²) in [5.41, 5.74) is 1.98. The quantitative estimate of drug-likeness (QED) is 0.644. The third kappa shape index (κ3) is 4.70. The van der Waals surface area contributed by atoms with E-state index in [9.17, 15) is 14.0 Å². The minimum absolute atomic E-state index is 0.0255. The minimum atomic E-state index is -0.578. The number of carbonyl (C=O) groups excluding carboxylic acids is 2. The molecule has 5 nitrogen and oxygen atoms in total. The molecule has 2 amide bonds. The maximum Gasteiger partial charge on any atom is 0.258 e. The maximum absolute atomic E-state index is 13.8. The van der Waals surface area contributed by atoms with E-state index in [0.29, 0.717) is 42.5 Å². The van der Waals surface area contributed by atoms with Gasteiger partial charge in [0.15, 0.2) is 0 Å². The standard InChI is InChI=1S/C24H21ClFN3O2/c25-20-16-18(27-23(30)19-8-4-5-9-21(19)26)10-11-22(20)28-12-14-29(15-13-28)24(31)17-6-2-1-3-7-17/h1-11,16H,12-15H2,(H,27,30). The molecule has 158 valence electrons. The van der Waals surface area contributed by atoms with Gasteiger partial charge in [0.1, 0.15) is 5.82 Å². The molecule has 1 aliphatic heterocycles. The molecule has 4 rings (SSSR count). The van der Waals surface area contributed by atoms with E-state index in [2.05, 4.69) is 10.2 Å². The van der Waals surface area contributed by atoms with Gasteiger partial charge in [-0.2, -0.15) is 0 Å². The Morgan fingerprint density at radius 2 is 1.55 bits per heavy atom. The predicted octanol–water partition coefficient (Wildman–Crippen LogP) is 4.69. The van der Waals surface area contributed by atoms with Gasteiger partial charge in [-0.25, -0.2) is 4.39 Å². The molecule has 1 saturated heterocycles. The lowest BCUT2D eigenvalue weighted by molar-refractivity contribution is 0.0746. The first-order chi connectivity index (χ1) is 15.0. The molecule has 7 heteroatoms. The number of halogens is 2. The Bertz CT molecular complexity index is 1100. The fraction of sp³-hybridized carbons (Fsp3) is 0.167. The Kier molecular flexibility index (Phi) is 6.18. The predicted molar refractivity (Wildman–Crippen MR) is 120 cm³/mol. The number of nitrogens with zero attached hydrogens (tertiary/aromatic N) is 2. The molecule has 1 aliphatic rings. The van der Waals surface area contributed by atoms with Gasteiger partial charge < -0.3 is 15.1 Å². The van der Waals surface area contributed by atoms with Crippen LogP contribution in [0, 0.1) is 5.82 Å². The van der Waals surface area contributed by atoms with Gasteiger partial charge in [-0.3, -0.25) is 9.59 Å². The van der Waals surface area contributed by atoms with Crippen molar-refractivity contribution in [2.45, 2.75) is 0 Å². The number of benzene rings is 3. The summed E-state index contributed by atoms with van der Waals surface area (Å²) in [7, 11) is 0. The van der Waals surface area contributed by atoms with Gasteiger partial charge in [0, 0.05) is 37.4 Å². The lowest BCUT2D eigenvalue weighted by Crippen LogP contribution is -2.48. The number of anilines is 2. The van der Waals surface area contributed by atoms with Crippen LogP contribution in [0.25, 0.3) is 0 Å². The lowest BCUT2D eigenvalue weighted by atomic mass is 10.1. The topological polar surface area (TPSA) is 52.7 Å². The third-order valence-electron chi connectivity index (χ3n) is 5.25. The summed E-state index contributed by atoms with van der Waals surface area (Å²) < 4.78 is 13.8. The number of rotatable bonds is 4. The number of hydrogen-bond donors (Lipinski definition) is 1. The molecule has 0 bridgehead atoms. The molecule has 0 atom stereocenters. The number of hydrogen-bond acceptors (Lipinski definition) is 3. The van der Waals surface area contributed by atoms with E-state index in [1.807, 2.05) is 41.3 Å². The second-order valence-electron chi connectivity index (χ2n) is 7.25. The zero-order valence-electron chi connectivity index (χ0n) is 16.7. The molecule has 31 heavy (non-hydrogen) atoms. The van der Waals surface area contributed by atoms with Crippen LogP contribution in [0.5, 0.6) is 0 Å². The molecule has 0 unspecified atom stereocenters. The Hall–Kier alpha value is -3.38. The van der Waals surface area contributed by atoms with Gasteiger partial charge in [-0.15, -0.1) is 0 Å². The highest BCUT2D eigenvalue weighted by Crippen LogP contribution is 2.30. The Morgan fingerprint density at radius 1 is 0.871 bits per heavy atom. The highest BCUT2D eigenvalue weighted by Gasteiger charge is 2.23. The zero-order chi connectivity index (χ0) is 21.8. The molecule has 3 aromatic carbocycles. The van der Waals surface area contributed by atoms with Crippen molar-refractivity contribution in [3.05, 3.63) is 94.8 Å². The Morgan fingerprint density at radius 3 is 2.23 bits per heavy atom. The monoisotopic (exact) mass is 437 g/mol. The van der Waals surface area contributed by atoms with Crippen molar-refractivity contribution in [3.8, 4) is 0 Å². The Labute approximate surface area is 185 Å². The summed E-state index contributed by atoms with van der Waals surface area (Å²) in [6, 6.07) is 20.3. The summed E-state index contributed by atoms with van der Waals surface area (Å²) >= 11 is 6.47. The molecule has 1 N–H and O–H groups in total. The van der Waals surface area contributed by atoms with Crippen LogP contribution < -0.4 is 10.2 Å². The number of piperazine rings is 1. The first kappa shape index (κ1) is 20.9. The van der Waals surface area contributed by atoms with Crippen molar-refractivity contribution in [2.75, 3.05) is 36.4 Å². The van der Waals surface area contributed by atoms with Crippen molar-refractivity contribution in [3.63, 3.8) is 0 Å².